The molecule has 112 valence electrons. The summed E-state index contributed by atoms with van der Waals surface area (Å²) in [6.07, 6.45) is 4.23. The fourth-order valence-corrected chi connectivity index (χ4v) is 2.79. The van der Waals surface area contributed by atoms with Crippen LogP contribution in [0.2, 0.25) is 0 Å². The van der Waals surface area contributed by atoms with Gasteiger partial charge < -0.3 is 15.0 Å². The summed E-state index contributed by atoms with van der Waals surface area (Å²) in [5.41, 5.74) is 5.71. The van der Waals surface area contributed by atoms with Crippen LogP contribution in [0.25, 0.3) is 0 Å². The second kappa shape index (κ2) is 5.81. The predicted molar refractivity (Wildman–Crippen MR) is 74.2 cm³/mol. The minimum Gasteiger partial charge on any atom is -0.485 e. The van der Waals surface area contributed by atoms with Crippen LogP contribution >= 0.6 is 0 Å². The fourth-order valence-electron chi connectivity index (χ4n) is 2.79. The Bertz CT molecular complexity index is 608. The molecule has 0 atom stereocenters. The van der Waals surface area contributed by atoms with Crippen LogP contribution in [-0.4, -0.2) is 16.7 Å². The Kier molecular flexibility index (Phi) is 3.88. The minimum atomic E-state index is -0.339. The molecule has 1 fully saturated rings. The Morgan fingerprint density at radius 1 is 1.33 bits per heavy atom. The van der Waals surface area contributed by atoms with Crippen molar-refractivity contribution >= 4 is 0 Å². The number of hydrogen-bond acceptors (Lipinski definition) is 5. The van der Waals surface area contributed by atoms with Crippen molar-refractivity contribution in [3.63, 3.8) is 0 Å². The maximum Gasteiger partial charge on any atom is 0.234 e. The molecule has 1 aromatic heterocycles. The van der Waals surface area contributed by atoms with Gasteiger partial charge in [-0.2, -0.15) is 4.98 Å². The topological polar surface area (TPSA) is 74.2 Å². The van der Waals surface area contributed by atoms with Gasteiger partial charge in [0.25, 0.3) is 0 Å². The van der Waals surface area contributed by atoms with E-state index in [1.165, 1.54) is 12.1 Å². The third kappa shape index (κ3) is 2.90. The fraction of sp³-hybridized carbons (Fsp3) is 0.467. The molecule has 0 saturated heterocycles. The molecular weight excluding hydrogens is 273 g/mol. The van der Waals surface area contributed by atoms with Gasteiger partial charge >= 0.3 is 0 Å². The Hall–Kier alpha value is -1.95. The van der Waals surface area contributed by atoms with Crippen LogP contribution in [0, 0.1) is 5.82 Å². The van der Waals surface area contributed by atoms with Crippen LogP contribution in [0.15, 0.2) is 28.8 Å². The maximum absolute atomic E-state index is 13.1. The number of hydrogen-bond donors (Lipinski definition) is 1. The summed E-state index contributed by atoms with van der Waals surface area (Å²) in [5, 5.41) is 3.93. The van der Waals surface area contributed by atoms with Crippen LogP contribution in [-0.2, 0) is 12.0 Å². The molecule has 21 heavy (non-hydrogen) atoms. The monoisotopic (exact) mass is 291 g/mol. The molecule has 2 N–H and O–H groups in total. The van der Waals surface area contributed by atoms with Crippen molar-refractivity contribution in [2.75, 3.05) is 6.54 Å². The first-order valence-corrected chi connectivity index (χ1v) is 7.13. The molecular formula is C15H18FN3O2. The molecule has 3 rings (SSSR count). The molecule has 1 aromatic carbocycles. The van der Waals surface area contributed by atoms with Gasteiger partial charge in [-0.15, -0.1) is 0 Å². The predicted octanol–water partition coefficient (Wildman–Crippen LogP) is 2.56. The van der Waals surface area contributed by atoms with E-state index in [0.29, 0.717) is 24.0 Å². The highest BCUT2D eigenvalue weighted by molar-refractivity contribution is 5.22. The van der Waals surface area contributed by atoms with Gasteiger partial charge in [-0.05, 0) is 25.0 Å². The number of nitrogens with zero attached hydrogens (tertiary/aromatic N) is 2. The lowest BCUT2D eigenvalue weighted by Crippen LogP contribution is -2.32. The number of benzene rings is 1. The molecule has 0 amide bonds. The Morgan fingerprint density at radius 3 is 2.86 bits per heavy atom. The van der Waals surface area contributed by atoms with Crippen LogP contribution < -0.4 is 10.5 Å². The van der Waals surface area contributed by atoms with Crippen LogP contribution in [0.3, 0.4) is 0 Å². The zero-order chi connectivity index (χ0) is 14.7. The van der Waals surface area contributed by atoms with Gasteiger partial charge in [-0.3, -0.25) is 0 Å². The van der Waals surface area contributed by atoms with Crippen molar-refractivity contribution in [2.24, 2.45) is 5.73 Å². The third-order valence-electron chi connectivity index (χ3n) is 4.04. The lowest BCUT2D eigenvalue weighted by atomic mass is 9.86. The van der Waals surface area contributed by atoms with Gasteiger partial charge in [0.05, 0.1) is 5.41 Å². The van der Waals surface area contributed by atoms with E-state index in [9.17, 15) is 4.39 Å². The van der Waals surface area contributed by atoms with E-state index in [-0.39, 0.29) is 17.8 Å². The van der Waals surface area contributed by atoms with Crippen LogP contribution in [0.4, 0.5) is 4.39 Å². The zero-order valence-electron chi connectivity index (χ0n) is 11.7. The van der Waals surface area contributed by atoms with Crippen molar-refractivity contribution in [1.29, 1.82) is 0 Å². The Labute approximate surface area is 122 Å². The second-order valence-electron chi connectivity index (χ2n) is 5.45. The molecule has 1 aliphatic carbocycles. The van der Waals surface area contributed by atoms with E-state index in [4.69, 9.17) is 15.0 Å². The number of rotatable bonds is 5. The lowest BCUT2D eigenvalue weighted by Gasteiger charge is -2.21. The maximum atomic E-state index is 13.1. The van der Waals surface area contributed by atoms with E-state index in [0.717, 1.165) is 25.7 Å². The standard InChI is InChI=1S/C15H18FN3O2/c16-11-4-3-5-12(8-11)20-9-13-18-14(21-19-13)15(10-17)6-1-2-7-15/h3-5,8H,1-2,6-7,9-10,17H2. The average Bonchev–Trinajstić information content (AvgIpc) is 3.15. The number of ether oxygens (including phenoxy) is 1. The van der Waals surface area contributed by atoms with Crippen molar-refractivity contribution in [2.45, 2.75) is 37.7 Å². The molecule has 0 radical (unpaired) electrons. The van der Waals surface area contributed by atoms with Crippen molar-refractivity contribution in [1.82, 2.24) is 10.1 Å². The largest absolute Gasteiger partial charge is 0.485 e. The van der Waals surface area contributed by atoms with Crippen LogP contribution in [0.5, 0.6) is 5.75 Å². The number of nitrogens with two attached hydrogens (primary N) is 1. The smallest absolute Gasteiger partial charge is 0.234 e. The van der Waals surface area contributed by atoms with Crippen molar-refractivity contribution in [3.8, 4) is 5.75 Å². The normalized spacial score (nSPS) is 17.0. The van der Waals surface area contributed by atoms with Gasteiger partial charge in [0.15, 0.2) is 6.61 Å². The SMILES string of the molecule is NCC1(c2nc(COc3cccc(F)c3)no2)CCCC1. The molecule has 0 bridgehead atoms. The lowest BCUT2D eigenvalue weighted by molar-refractivity contribution is 0.269. The average molecular weight is 291 g/mol. The first-order chi connectivity index (χ1) is 10.2. The third-order valence-corrected chi connectivity index (χ3v) is 4.04. The van der Waals surface area contributed by atoms with E-state index in [1.807, 2.05) is 0 Å². The molecule has 6 heteroatoms. The summed E-state index contributed by atoms with van der Waals surface area (Å²) in [6.45, 7) is 0.660. The number of halogens is 1. The minimum absolute atomic E-state index is 0.146. The summed E-state index contributed by atoms with van der Waals surface area (Å²) in [4.78, 5) is 4.40. The van der Waals surface area contributed by atoms with E-state index < -0.39 is 0 Å². The summed E-state index contributed by atoms with van der Waals surface area (Å²) in [5.74, 6) is 1.15. The molecule has 1 saturated carbocycles. The first kappa shape index (κ1) is 14.0. The second-order valence-corrected chi connectivity index (χ2v) is 5.45. The van der Waals surface area contributed by atoms with Gasteiger partial charge in [-0.25, -0.2) is 4.39 Å². The quantitative estimate of drug-likeness (QED) is 0.916. The zero-order valence-corrected chi connectivity index (χ0v) is 11.7. The van der Waals surface area contributed by atoms with Crippen molar-refractivity contribution < 1.29 is 13.7 Å². The van der Waals surface area contributed by atoms with Gasteiger partial charge in [0, 0.05) is 12.6 Å². The summed E-state index contributed by atoms with van der Waals surface area (Å²) in [7, 11) is 0. The highest BCUT2D eigenvalue weighted by Gasteiger charge is 2.39. The summed E-state index contributed by atoms with van der Waals surface area (Å²) < 4.78 is 23.9. The molecule has 1 heterocycles. The highest BCUT2D eigenvalue weighted by atomic mass is 19.1. The van der Waals surface area contributed by atoms with Gasteiger partial charge in [0.1, 0.15) is 11.6 Å². The molecule has 0 aliphatic heterocycles. The van der Waals surface area contributed by atoms with Gasteiger partial charge in [0.2, 0.25) is 11.7 Å². The molecule has 1 aliphatic rings. The van der Waals surface area contributed by atoms with Crippen molar-refractivity contribution in [3.05, 3.63) is 41.8 Å². The Balaban J connectivity index is 1.68. The highest BCUT2D eigenvalue weighted by Crippen LogP contribution is 2.39. The molecule has 5 nitrogen and oxygen atoms in total. The Morgan fingerprint density at radius 2 is 2.14 bits per heavy atom. The van der Waals surface area contributed by atoms with E-state index in [2.05, 4.69) is 10.1 Å². The molecule has 0 unspecified atom stereocenters. The molecule has 2 aromatic rings. The first-order valence-electron chi connectivity index (χ1n) is 7.13. The number of aromatic nitrogens is 2. The van der Waals surface area contributed by atoms with Gasteiger partial charge in [-0.1, -0.05) is 24.1 Å². The van der Waals surface area contributed by atoms with E-state index in [1.54, 1.807) is 12.1 Å². The van der Waals surface area contributed by atoms with E-state index >= 15 is 0 Å². The summed E-state index contributed by atoms with van der Waals surface area (Å²) in [6, 6.07) is 5.96. The van der Waals surface area contributed by atoms with Crippen LogP contribution in [0.1, 0.15) is 37.4 Å². The molecule has 0 spiro atoms. The summed E-state index contributed by atoms with van der Waals surface area (Å²) >= 11 is 0.